The van der Waals surface area contributed by atoms with Crippen LogP contribution in [0, 0.1) is 13.8 Å². The molecule has 0 saturated heterocycles. The molecule has 10 nitrogen and oxygen atoms in total. The van der Waals surface area contributed by atoms with Gasteiger partial charge in [0.2, 0.25) is 5.78 Å². The average Bonchev–Trinajstić information content (AvgIpc) is 2.87. The number of Topliss-reactive ketones (excluding diaryl/α,β-unsaturated/α-hetero) is 1. The molecule has 0 bridgehead atoms. The third kappa shape index (κ3) is 2.73. The lowest BCUT2D eigenvalue weighted by atomic mass is 10.2. The van der Waals surface area contributed by atoms with Gasteiger partial charge in [0.15, 0.2) is 6.61 Å². The van der Waals surface area contributed by atoms with Crippen LogP contribution in [-0.4, -0.2) is 32.7 Å². The smallest absolute Gasteiger partial charge is 0.344 e. The van der Waals surface area contributed by atoms with Crippen LogP contribution >= 0.6 is 0 Å². The highest BCUT2D eigenvalue weighted by atomic mass is 16.5. The summed E-state index contributed by atoms with van der Waals surface area (Å²) >= 11 is 0. The molecule has 10 heteroatoms. The number of hydrogen-bond acceptors (Lipinski definition) is 8. The zero-order valence-corrected chi connectivity index (χ0v) is 13.6. The number of anilines is 1. The summed E-state index contributed by atoms with van der Waals surface area (Å²) in [5.41, 5.74) is 4.17. The van der Waals surface area contributed by atoms with Gasteiger partial charge in [0.25, 0.3) is 5.56 Å². The SMILES string of the molecule is Cc1noc(C)c1C(=O)OCC(=O)c1c(N)n(C)c(=O)n(C)c1=O. The zero-order valence-electron chi connectivity index (χ0n) is 13.6. The number of nitrogen functional groups attached to an aromatic ring is 1. The van der Waals surface area contributed by atoms with Crippen LogP contribution in [0.1, 0.15) is 32.2 Å². The Morgan fingerprint density at radius 1 is 1.17 bits per heavy atom. The fraction of sp³-hybridized carbons (Fsp3) is 0.357. The second-order valence-corrected chi connectivity index (χ2v) is 5.16. The van der Waals surface area contributed by atoms with Gasteiger partial charge in [-0.15, -0.1) is 0 Å². The first kappa shape index (κ1) is 17.2. The van der Waals surface area contributed by atoms with Crippen molar-refractivity contribution in [3.05, 3.63) is 43.4 Å². The molecule has 0 fully saturated rings. The monoisotopic (exact) mass is 336 g/mol. The lowest BCUT2D eigenvalue weighted by Gasteiger charge is -2.10. The summed E-state index contributed by atoms with van der Waals surface area (Å²) in [5, 5.41) is 3.61. The molecular weight excluding hydrogens is 320 g/mol. The molecule has 0 radical (unpaired) electrons. The van der Waals surface area contributed by atoms with E-state index in [0.29, 0.717) is 5.69 Å². The van der Waals surface area contributed by atoms with E-state index >= 15 is 0 Å². The van der Waals surface area contributed by atoms with Crippen molar-refractivity contribution in [1.82, 2.24) is 14.3 Å². The van der Waals surface area contributed by atoms with Crippen molar-refractivity contribution in [2.24, 2.45) is 14.1 Å². The van der Waals surface area contributed by atoms with Gasteiger partial charge in [-0.05, 0) is 13.8 Å². The highest BCUT2D eigenvalue weighted by molar-refractivity contribution is 6.02. The second-order valence-electron chi connectivity index (χ2n) is 5.16. The van der Waals surface area contributed by atoms with E-state index in [0.717, 1.165) is 9.13 Å². The fourth-order valence-corrected chi connectivity index (χ4v) is 2.17. The van der Waals surface area contributed by atoms with E-state index in [9.17, 15) is 19.2 Å². The standard InChI is InChI=1S/C14H16N4O6/c1-6-9(7(2)24-16-6)13(21)23-5-8(19)10-11(15)17(3)14(22)18(4)12(10)20/h5,15H2,1-4H3. The van der Waals surface area contributed by atoms with Gasteiger partial charge in [-0.3, -0.25) is 18.7 Å². The summed E-state index contributed by atoms with van der Waals surface area (Å²) in [5.74, 6) is -1.66. The van der Waals surface area contributed by atoms with Crippen LogP contribution in [0.3, 0.4) is 0 Å². The van der Waals surface area contributed by atoms with Crippen LogP contribution in [-0.2, 0) is 18.8 Å². The van der Waals surface area contributed by atoms with Gasteiger partial charge in [0, 0.05) is 14.1 Å². The van der Waals surface area contributed by atoms with Crippen LogP contribution in [0.2, 0.25) is 0 Å². The van der Waals surface area contributed by atoms with Crippen molar-refractivity contribution in [3.63, 3.8) is 0 Å². The molecule has 2 aromatic heterocycles. The van der Waals surface area contributed by atoms with Gasteiger partial charge in [0.1, 0.15) is 22.7 Å². The van der Waals surface area contributed by atoms with E-state index in [2.05, 4.69) is 5.16 Å². The topological polar surface area (TPSA) is 139 Å². The van der Waals surface area contributed by atoms with Gasteiger partial charge < -0.3 is 15.0 Å². The first-order valence-electron chi connectivity index (χ1n) is 6.85. The maximum Gasteiger partial charge on any atom is 0.344 e. The Bertz CT molecular complexity index is 930. The van der Waals surface area contributed by atoms with E-state index < -0.39 is 35.2 Å². The number of aromatic nitrogens is 3. The number of rotatable bonds is 4. The lowest BCUT2D eigenvalue weighted by molar-refractivity contribution is 0.0471. The molecule has 0 atom stereocenters. The molecule has 2 N–H and O–H groups in total. The molecule has 24 heavy (non-hydrogen) atoms. The maximum atomic E-state index is 12.2. The number of nitrogens with zero attached hydrogens (tertiary/aromatic N) is 3. The largest absolute Gasteiger partial charge is 0.454 e. The molecular formula is C14H16N4O6. The summed E-state index contributed by atoms with van der Waals surface area (Å²) in [7, 11) is 2.54. The molecule has 0 aliphatic carbocycles. The van der Waals surface area contributed by atoms with Crippen molar-refractivity contribution in [2.45, 2.75) is 13.8 Å². The normalized spacial score (nSPS) is 10.7. The summed E-state index contributed by atoms with van der Waals surface area (Å²) in [4.78, 5) is 48.0. The van der Waals surface area contributed by atoms with E-state index in [1.54, 1.807) is 6.92 Å². The highest BCUT2D eigenvalue weighted by Crippen LogP contribution is 2.14. The van der Waals surface area contributed by atoms with Crippen LogP contribution in [0.5, 0.6) is 0 Å². The molecule has 0 unspecified atom stereocenters. The van der Waals surface area contributed by atoms with E-state index in [4.69, 9.17) is 15.0 Å². The number of carbonyl (C=O) groups excluding carboxylic acids is 2. The van der Waals surface area contributed by atoms with Crippen LogP contribution in [0.15, 0.2) is 14.1 Å². The minimum absolute atomic E-state index is 0.115. The van der Waals surface area contributed by atoms with Crippen molar-refractivity contribution in [2.75, 3.05) is 12.3 Å². The number of ketones is 1. The molecule has 2 aromatic rings. The van der Waals surface area contributed by atoms with E-state index in [1.165, 1.54) is 21.0 Å². The summed E-state index contributed by atoms with van der Waals surface area (Å²) in [6.45, 7) is 2.37. The minimum atomic E-state index is -0.853. The van der Waals surface area contributed by atoms with Gasteiger partial charge in [-0.25, -0.2) is 9.59 Å². The first-order chi connectivity index (χ1) is 11.2. The number of hydrogen-bond donors (Lipinski definition) is 1. The average molecular weight is 336 g/mol. The fourth-order valence-electron chi connectivity index (χ4n) is 2.17. The second kappa shape index (κ2) is 6.14. The van der Waals surface area contributed by atoms with Crippen molar-refractivity contribution in [1.29, 1.82) is 0 Å². The molecule has 0 aliphatic heterocycles. The van der Waals surface area contributed by atoms with Gasteiger partial charge in [-0.2, -0.15) is 0 Å². The molecule has 2 rings (SSSR count). The van der Waals surface area contributed by atoms with Crippen molar-refractivity contribution < 1.29 is 18.8 Å². The van der Waals surface area contributed by atoms with E-state index in [-0.39, 0.29) is 17.1 Å². The summed E-state index contributed by atoms with van der Waals surface area (Å²) in [6.07, 6.45) is 0. The number of aryl methyl sites for hydroxylation is 2. The first-order valence-corrected chi connectivity index (χ1v) is 6.85. The van der Waals surface area contributed by atoms with Crippen LogP contribution < -0.4 is 17.0 Å². The Kier molecular flexibility index (Phi) is 4.40. The molecule has 0 aliphatic rings. The third-order valence-electron chi connectivity index (χ3n) is 3.56. The lowest BCUT2D eigenvalue weighted by Crippen LogP contribution is -2.42. The Morgan fingerprint density at radius 3 is 2.33 bits per heavy atom. The quantitative estimate of drug-likeness (QED) is 0.571. The Balaban J connectivity index is 2.28. The predicted molar refractivity (Wildman–Crippen MR) is 81.9 cm³/mol. The molecule has 128 valence electrons. The predicted octanol–water partition coefficient (Wildman–Crippen LogP) is -0.689. The Morgan fingerprint density at radius 2 is 1.79 bits per heavy atom. The van der Waals surface area contributed by atoms with Crippen molar-refractivity contribution >= 4 is 17.6 Å². The zero-order chi connectivity index (χ0) is 18.2. The summed E-state index contributed by atoms with van der Waals surface area (Å²) < 4.78 is 11.5. The van der Waals surface area contributed by atoms with Gasteiger partial charge >= 0.3 is 11.7 Å². The molecule has 0 saturated carbocycles. The number of esters is 1. The third-order valence-corrected chi connectivity index (χ3v) is 3.56. The molecule has 0 amide bonds. The number of ether oxygens (including phenoxy) is 1. The molecule has 0 spiro atoms. The molecule has 0 aromatic carbocycles. The summed E-state index contributed by atoms with van der Waals surface area (Å²) in [6, 6.07) is 0. The van der Waals surface area contributed by atoms with Crippen molar-refractivity contribution in [3.8, 4) is 0 Å². The number of carbonyl (C=O) groups is 2. The highest BCUT2D eigenvalue weighted by Gasteiger charge is 2.24. The number of nitrogens with two attached hydrogens (primary N) is 1. The Labute approximate surface area is 135 Å². The van der Waals surface area contributed by atoms with Crippen LogP contribution in [0.25, 0.3) is 0 Å². The van der Waals surface area contributed by atoms with Gasteiger partial charge in [-0.1, -0.05) is 5.16 Å². The molecule has 2 heterocycles. The van der Waals surface area contributed by atoms with Gasteiger partial charge in [0.05, 0.1) is 5.69 Å². The Hall–Kier alpha value is -3.17. The van der Waals surface area contributed by atoms with Crippen LogP contribution in [0.4, 0.5) is 5.82 Å². The minimum Gasteiger partial charge on any atom is -0.454 e. The van der Waals surface area contributed by atoms with E-state index in [1.807, 2.05) is 0 Å². The maximum absolute atomic E-state index is 12.2.